The van der Waals surface area contributed by atoms with E-state index in [-0.39, 0.29) is 16.4 Å². The number of rotatable bonds is 5. The molecular weight excluding hydrogens is 343 g/mol. The standard InChI is InChI=1S/C23H31FO3/c1-8-11-27-19-13-18-16(12-15(19)14(2)20(24)21(25)26)17(22(3,4)5)9-10-23(18,6)7/h9,12-13H,8,10-11H2,1-7H3,(H,25,26)/b20-14+. The van der Waals surface area contributed by atoms with Crippen molar-refractivity contribution in [2.24, 2.45) is 5.41 Å². The van der Waals surface area contributed by atoms with Gasteiger partial charge in [0.15, 0.2) is 0 Å². The molecule has 3 nitrogen and oxygen atoms in total. The fourth-order valence-electron chi connectivity index (χ4n) is 3.55. The van der Waals surface area contributed by atoms with Gasteiger partial charge in [0.1, 0.15) is 5.75 Å². The van der Waals surface area contributed by atoms with Crippen LogP contribution in [0.25, 0.3) is 11.1 Å². The zero-order valence-corrected chi connectivity index (χ0v) is 17.5. The van der Waals surface area contributed by atoms with E-state index in [1.807, 2.05) is 19.1 Å². The van der Waals surface area contributed by atoms with Gasteiger partial charge in [-0.25, -0.2) is 4.79 Å². The van der Waals surface area contributed by atoms with E-state index in [4.69, 9.17) is 9.84 Å². The molecule has 0 bridgehead atoms. The summed E-state index contributed by atoms with van der Waals surface area (Å²) in [6.07, 6.45) is 3.99. The SMILES string of the molecule is CCCOc1cc2c(cc1/C(C)=C(/F)C(=O)O)C(C(C)(C)C)=CCC2(C)C. The van der Waals surface area contributed by atoms with Crippen molar-refractivity contribution in [1.82, 2.24) is 0 Å². The quantitative estimate of drug-likeness (QED) is 0.609. The zero-order chi connectivity index (χ0) is 20.6. The second-order valence-corrected chi connectivity index (χ2v) is 8.94. The monoisotopic (exact) mass is 374 g/mol. The Morgan fingerprint density at radius 3 is 2.44 bits per heavy atom. The van der Waals surface area contributed by atoms with Gasteiger partial charge in [-0.2, -0.15) is 4.39 Å². The van der Waals surface area contributed by atoms with Crippen molar-refractivity contribution in [2.45, 2.75) is 66.7 Å². The average molecular weight is 374 g/mol. The summed E-state index contributed by atoms with van der Waals surface area (Å²) in [6, 6.07) is 3.90. The number of benzene rings is 1. The number of hydrogen-bond donors (Lipinski definition) is 1. The third-order valence-electron chi connectivity index (χ3n) is 5.15. The Kier molecular flexibility index (Phi) is 5.88. The topological polar surface area (TPSA) is 46.5 Å². The Bertz CT molecular complexity index is 808. The number of carboxylic acids is 1. The number of carboxylic acid groups (broad SMARTS) is 1. The smallest absolute Gasteiger partial charge is 0.365 e. The number of fused-ring (bicyclic) bond motifs is 1. The predicted octanol–water partition coefficient (Wildman–Crippen LogP) is 6.37. The van der Waals surface area contributed by atoms with E-state index in [0.717, 1.165) is 24.0 Å². The molecule has 0 radical (unpaired) electrons. The summed E-state index contributed by atoms with van der Waals surface area (Å²) in [6.45, 7) is 14.8. The summed E-state index contributed by atoms with van der Waals surface area (Å²) in [7, 11) is 0. The lowest BCUT2D eigenvalue weighted by Gasteiger charge is -2.37. The minimum atomic E-state index is -1.56. The Hall–Kier alpha value is -2.10. The van der Waals surface area contributed by atoms with Crippen LogP contribution in [0.5, 0.6) is 5.75 Å². The van der Waals surface area contributed by atoms with Gasteiger partial charge in [-0.05, 0) is 59.4 Å². The second kappa shape index (κ2) is 7.49. The summed E-state index contributed by atoms with van der Waals surface area (Å²) >= 11 is 0. The van der Waals surface area contributed by atoms with Gasteiger partial charge >= 0.3 is 5.97 Å². The van der Waals surface area contributed by atoms with E-state index in [9.17, 15) is 9.18 Å². The van der Waals surface area contributed by atoms with Crippen molar-refractivity contribution in [3.05, 3.63) is 40.7 Å². The van der Waals surface area contributed by atoms with Crippen molar-refractivity contribution in [1.29, 1.82) is 0 Å². The van der Waals surface area contributed by atoms with Gasteiger partial charge in [-0.1, -0.05) is 47.6 Å². The molecule has 0 fully saturated rings. The van der Waals surface area contributed by atoms with Gasteiger partial charge in [0, 0.05) is 11.1 Å². The summed E-state index contributed by atoms with van der Waals surface area (Å²) in [5, 5.41) is 9.10. The third-order valence-corrected chi connectivity index (χ3v) is 5.15. The van der Waals surface area contributed by atoms with E-state index in [1.165, 1.54) is 12.5 Å². The van der Waals surface area contributed by atoms with E-state index in [0.29, 0.717) is 17.9 Å². The molecule has 1 aliphatic carbocycles. The molecule has 0 atom stereocenters. The van der Waals surface area contributed by atoms with Crippen LogP contribution in [-0.4, -0.2) is 17.7 Å². The minimum Gasteiger partial charge on any atom is -0.493 e. The summed E-state index contributed by atoms with van der Waals surface area (Å²) in [5.41, 5.74) is 3.86. The van der Waals surface area contributed by atoms with Crippen molar-refractivity contribution < 1.29 is 19.0 Å². The van der Waals surface area contributed by atoms with Gasteiger partial charge in [-0.3, -0.25) is 0 Å². The molecule has 4 heteroatoms. The van der Waals surface area contributed by atoms with Crippen molar-refractivity contribution in [3.63, 3.8) is 0 Å². The summed E-state index contributed by atoms with van der Waals surface area (Å²) in [4.78, 5) is 11.2. The average Bonchev–Trinajstić information content (AvgIpc) is 2.56. The normalized spacial score (nSPS) is 17.0. The Balaban J connectivity index is 2.80. The molecule has 0 heterocycles. The van der Waals surface area contributed by atoms with Crippen LogP contribution < -0.4 is 4.74 Å². The summed E-state index contributed by atoms with van der Waals surface area (Å²) < 4.78 is 20.1. The molecule has 1 aromatic carbocycles. The van der Waals surface area contributed by atoms with Gasteiger partial charge in [0.2, 0.25) is 5.83 Å². The van der Waals surface area contributed by atoms with E-state index >= 15 is 0 Å². The van der Waals surface area contributed by atoms with Crippen LogP contribution in [-0.2, 0) is 10.2 Å². The Morgan fingerprint density at radius 1 is 1.30 bits per heavy atom. The van der Waals surface area contributed by atoms with Gasteiger partial charge in [-0.15, -0.1) is 0 Å². The van der Waals surface area contributed by atoms with Gasteiger partial charge in [0.25, 0.3) is 0 Å². The van der Waals surface area contributed by atoms with Crippen LogP contribution >= 0.6 is 0 Å². The first-order valence-corrected chi connectivity index (χ1v) is 9.52. The number of carbonyl (C=O) groups is 1. The number of halogens is 1. The third kappa shape index (κ3) is 4.26. The number of hydrogen-bond acceptors (Lipinski definition) is 2. The zero-order valence-electron chi connectivity index (χ0n) is 17.5. The van der Waals surface area contributed by atoms with Crippen molar-refractivity contribution in [3.8, 4) is 5.75 Å². The molecule has 0 unspecified atom stereocenters. The highest BCUT2D eigenvalue weighted by molar-refractivity contribution is 5.95. The maximum atomic E-state index is 14.2. The fraction of sp³-hybridized carbons (Fsp3) is 0.522. The fourth-order valence-corrected chi connectivity index (χ4v) is 3.55. The largest absolute Gasteiger partial charge is 0.493 e. The number of allylic oxidation sites excluding steroid dienone is 3. The molecular formula is C23H31FO3. The molecule has 1 aromatic rings. The molecule has 0 aromatic heterocycles. The first kappa shape index (κ1) is 21.2. The predicted molar refractivity (Wildman–Crippen MR) is 109 cm³/mol. The molecule has 148 valence electrons. The van der Waals surface area contributed by atoms with E-state index < -0.39 is 11.8 Å². The molecule has 1 N–H and O–H groups in total. The highest BCUT2D eigenvalue weighted by Gasteiger charge is 2.34. The highest BCUT2D eigenvalue weighted by Crippen LogP contribution is 2.48. The van der Waals surface area contributed by atoms with Crippen molar-refractivity contribution >= 4 is 17.1 Å². The molecule has 0 spiro atoms. The van der Waals surface area contributed by atoms with Crippen LogP contribution in [0.15, 0.2) is 24.0 Å². The van der Waals surface area contributed by atoms with Crippen LogP contribution in [0.3, 0.4) is 0 Å². The Labute approximate surface area is 161 Å². The Morgan fingerprint density at radius 2 is 1.93 bits per heavy atom. The minimum absolute atomic E-state index is 0.0721. The molecule has 0 saturated heterocycles. The lowest BCUT2D eigenvalue weighted by molar-refractivity contribution is -0.134. The van der Waals surface area contributed by atoms with Crippen LogP contribution in [0.4, 0.5) is 4.39 Å². The highest BCUT2D eigenvalue weighted by atomic mass is 19.1. The first-order chi connectivity index (χ1) is 12.4. The molecule has 27 heavy (non-hydrogen) atoms. The van der Waals surface area contributed by atoms with Crippen molar-refractivity contribution in [2.75, 3.05) is 6.61 Å². The van der Waals surface area contributed by atoms with Crippen LogP contribution in [0, 0.1) is 5.41 Å². The lowest BCUT2D eigenvalue weighted by atomic mass is 9.67. The van der Waals surface area contributed by atoms with E-state index in [1.54, 1.807) is 0 Å². The number of aliphatic carboxylic acids is 1. The van der Waals surface area contributed by atoms with Crippen LogP contribution in [0.1, 0.15) is 78.0 Å². The van der Waals surface area contributed by atoms with E-state index in [2.05, 4.69) is 40.7 Å². The van der Waals surface area contributed by atoms with Gasteiger partial charge in [0.05, 0.1) is 6.61 Å². The van der Waals surface area contributed by atoms with Gasteiger partial charge < -0.3 is 9.84 Å². The second-order valence-electron chi connectivity index (χ2n) is 8.94. The molecule has 0 aliphatic heterocycles. The lowest BCUT2D eigenvalue weighted by Crippen LogP contribution is -2.25. The first-order valence-electron chi connectivity index (χ1n) is 9.52. The molecule has 0 amide bonds. The molecule has 0 saturated carbocycles. The molecule has 1 aliphatic rings. The maximum Gasteiger partial charge on any atom is 0.365 e. The maximum absolute atomic E-state index is 14.2. The van der Waals surface area contributed by atoms with Crippen LogP contribution in [0.2, 0.25) is 0 Å². The number of ether oxygens (including phenoxy) is 1. The summed E-state index contributed by atoms with van der Waals surface area (Å²) in [5.74, 6) is -2.15. The molecule has 2 rings (SSSR count).